The molecule has 1 aliphatic rings. The molecule has 1 fully saturated rings. The van der Waals surface area contributed by atoms with Crippen molar-refractivity contribution >= 4 is 0 Å². The van der Waals surface area contributed by atoms with E-state index in [0.717, 1.165) is 44.6 Å². The third kappa shape index (κ3) is 4.84. The van der Waals surface area contributed by atoms with Crippen molar-refractivity contribution < 1.29 is 0 Å². The van der Waals surface area contributed by atoms with Gasteiger partial charge in [0, 0.05) is 52.4 Å². The fourth-order valence-corrected chi connectivity index (χ4v) is 3.13. The molecular weight excluding hydrogens is 224 g/mol. The van der Waals surface area contributed by atoms with Gasteiger partial charge in [-0.3, -0.25) is 4.90 Å². The number of hydrogen-bond donors (Lipinski definition) is 2. The summed E-state index contributed by atoms with van der Waals surface area (Å²) in [6.45, 7) is 12.9. The summed E-state index contributed by atoms with van der Waals surface area (Å²) in [5.41, 5.74) is 11.3. The van der Waals surface area contributed by atoms with Crippen molar-refractivity contribution in [3.63, 3.8) is 0 Å². The average molecular weight is 256 g/mol. The number of nitrogens with two attached hydrogens (primary N) is 2. The predicted octanol–water partition coefficient (Wildman–Crippen LogP) is 0.574. The highest BCUT2D eigenvalue weighted by atomic mass is 15.2. The molecule has 1 heterocycles. The Morgan fingerprint density at radius 3 is 1.83 bits per heavy atom. The first-order chi connectivity index (χ1) is 8.74. The normalized spacial score (nSPS) is 25.2. The van der Waals surface area contributed by atoms with Crippen molar-refractivity contribution in [2.45, 2.75) is 26.7 Å². The van der Waals surface area contributed by atoms with E-state index in [2.05, 4.69) is 23.6 Å². The zero-order valence-electron chi connectivity index (χ0n) is 12.3. The smallest absolute Gasteiger partial charge is 0.0110 e. The van der Waals surface area contributed by atoms with Gasteiger partial charge >= 0.3 is 0 Å². The summed E-state index contributed by atoms with van der Waals surface area (Å²) in [6.07, 6.45) is 2.65. The van der Waals surface area contributed by atoms with E-state index in [0.29, 0.717) is 0 Å². The van der Waals surface area contributed by atoms with E-state index < -0.39 is 0 Å². The largest absolute Gasteiger partial charge is 0.329 e. The molecule has 0 aromatic carbocycles. The Morgan fingerprint density at radius 2 is 1.44 bits per heavy atom. The molecule has 0 aromatic heterocycles. The summed E-state index contributed by atoms with van der Waals surface area (Å²) >= 11 is 0. The van der Waals surface area contributed by atoms with Gasteiger partial charge in [0.15, 0.2) is 0 Å². The molecule has 0 aliphatic carbocycles. The fraction of sp³-hybridized carbons (Fsp3) is 1.00. The lowest BCUT2D eigenvalue weighted by Gasteiger charge is -2.24. The second-order valence-electron chi connectivity index (χ2n) is 5.52. The topological polar surface area (TPSA) is 58.5 Å². The Bertz CT molecular complexity index is 192. The molecule has 18 heavy (non-hydrogen) atoms. The standard InChI is InChI=1S/C14H32N4/c1-3-13-11-18(12-14(13)4-2)10-9-17(7-5-15)8-6-16/h13-14H,3-12,15-16H2,1-2H3. The van der Waals surface area contributed by atoms with Gasteiger partial charge < -0.3 is 16.4 Å². The zero-order valence-corrected chi connectivity index (χ0v) is 12.3. The van der Waals surface area contributed by atoms with Crippen LogP contribution in [0.4, 0.5) is 0 Å². The molecule has 4 N–H and O–H groups in total. The van der Waals surface area contributed by atoms with Crippen LogP contribution in [0.5, 0.6) is 0 Å². The van der Waals surface area contributed by atoms with Crippen molar-refractivity contribution in [1.29, 1.82) is 0 Å². The second kappa shape index (κ2) is 8.86. The quantitative estimate of drug-likeness (QED) is 0.633. The van der Waals surface area contributed by atoms with E-state index >= 15 is 0 Å². The first-order valence-electron chi connectivity index (χ1n) is 7.59. The van der Waals surface area contributed by atoms with Gasteiger partial charge in [-0.25, -0.2) is 0 Å². The van der Waals surface area contributed by atoms with E-state index in [1.165, 1.54) is 32.5 Å². The van der Waals surface area contributed by atoms with Crippen molar-refractivity contribution in [3.8, 4) is 0 Å². The lowest BCUT2D eigenvalue weighted by molar-refractivity contribution is 0.227. The van der Waals surface area contributed by atoms with E-state index in [1.54, 1.807) is 0 Å². The second-order valence-corrected chi connectivity index (χ2v) is 5.52. The van der Waals surface area contributed by atoms with Crippen molar-refractivity contribution in [2.75, 3.05) is 52.4 Å². The monoisotopic (exact) mass is 256 g/mol. The summed E-state index contributed by atoms with van der Waals surface area (Å²) in [4.78, 5) is 5.02. The van der Waals surface area contributed by atoms with Gasteiger partial charge in [-0.05, 0) is 11.8 Å². The van der Waals surface area contributed by atoms with Gasteiger partial charge in [0.1, 0.15) is 0 Å². The van der Waals surface area contributed by atoms with Crippen LogP contribution in [0.1, 0.15) is 26.7 Å². The van der Waals surface area contributed by atoms with Crippen LogP contribution < -0.4 is 11.5 Å². The highest BCUT2D eigenvalue weighted by Gasteiger charge is 2.29. The Balaban J connectivity index is 2.30. The highest BCUT2D eigenvalue weighted by molar-refractivity contribution is 4.82. The summed E-state index contributed by atoms with van der Waals surface area (Å²) in [5, 5.41) is 0. The summed E-state index contributed by atoms with van der Waals surface area (Å²) in [7, 11) is 0. The number of likely N-dealkylation sites (tertiary alicyclic amines) is 1. The van der Waals surface area contributed by atoms with E-state index in [1.807, 2.05) is 0 Å². The molecule has 0 radical (unpaired) electrons. The maximum Gasteiger partial charge on any atom is 0.0110 e. The third-order valence-corrected chi connectivity index (χ3v) is 4.32. The minimum atomic E-state index is 0.731. The molecule has 0 saturated carbocycles. The van der Waals surface area contributed by atoms with Gasteiger partial charge in [0.05, 0.1) is 0 Å². The minimum Gasteiger partial charge on any atom is -0.329 e. The van der Waals surface area contributed by atoms with Gasteiger partial charge in [0.2, 0.25) is 0 Å². The van der Waals surface area contributed by atoms with Gasteiger partial charge in [0.25, 0.3) is 0 Å². The predicted molar refractivity (Wildman–Crippen MR) is 78.6 cm³/mol. The molecule has 0 aromatic rings. The van der Waals surface area contributed by atoms with Crippen LogP contribution in [0.15, 0.2) is 0 Å². The molecule has 4 nitrogen and oxygen atoms in total. The molecule has 1 saturated heterocycles. The summed E-state index contributed by atoms with van der Waals surface area (Å²) < 4.78 is 0. The van der Waals surface area contributed by atoms with Crippen molar-refractivity contribution in [3.05, 3.63) is 0 Å². The zero-order chi connectivity index (χ0) is 13.4. The molecule has 0 bridgehead atoms. The molecule has 108 valence electrons. The summed E-state index contributed by atoms with van der Waals surface area (Å²) in [6, 6.07) is 0. The lowest BCUT2D eigenvalue weighted by atomic mass is 9.92. The first kappa shape index (κ1) is 15.9. The Labute approximate surface area is 113 Å². The van der Waals surface area contributed by atoms with E-state index in [4.69, 9.17) is 11.5 Å². The molecule has 1 rings (SSSR count). The third-order valence-electron chi connectivity index (χ3n) is 4.32. The number of hydrogen-bond acceptors (Lipinski definition) is 4. The van der Waals surface area contributed by atoms with Gasteiger partial charge in [-0.2, -0.15) is 0 Å². The Morgan fingerprint density at radius 1 is 0.944 bits per heavy atom. The molecule has 0 amide bonds. The van der Waals surface area contributed by atoms with Crippen LogP contribution in [0.25, 0.3) is 0 Å². The van der Waals surface area contributed by atoms with Crippen LogP contribution in [0.2, 0.25) is 0 Å². The maximum absolute atomic E-state index is 5.63. The molecule has 0 spiro atoms. The van der Waals surface area contributed by atoms with Crippen LogP contribution in [-0.4, -0.2) is 62.2 Å². The van der Waals surface area contributed by atoms with Gasteiger partial charge in [-0.15, -0.1) is 0 Å². The van der Waals surface area contributed by atoms with Crippen molar-refractivity contribution in [2.24, 2.45) is 23.3 Å². The SMILES string of the molecule is CCC1CN(CCN(CCN)CCN)CC1CC. The van der Waals surface area contributed by atoms with Crippen LogP contribution in [0, 0.1) is 11.8 Å². The summed E-state index contributed by atoms with van der Waals surface area (Å²) in [5.74, 6) is 1.82. The number of rotatable bonds is 9. The Kier molecular flexibility index (Phi) is 7.82. The fourth-order valence-electron chi connectivity index (χ4n) is 3.13. The molecule has 1 aliphatic heterocycles. The average Bonchev–Trinajstić information content (AvgIpc) is 2.79. The minimum absolute atomic E-state index is 0.731. The molecule has 4 heteroatoms. The first-order valence-corrected chi connectivity index (χ1v) is 7.59. The van der Waals surface area contributed by atoms with Crippen LogP contribution in [0.3, 0.4) is 0 Å². The maximum atomic E-state index is 5.63. The van der Waals surface area contributed by atoms with Crippen LogP contribution in [-0.2, 0) is 0 Å². The Hall–Kier alpha value is -0.160. The molecule has 2 atom stereocenters. The lowest BCUT2D eigenvalue weighted by Crippen LogP contribution is -2.39. The van der Waals surface area contributed by atoms with Crippen LogP contribution >= 0.6 is 0 Å². The van der Waals surface area contributed by atoms with E-state index in [9.17, 15) is 0 Å². The molecule has 2 unspecified atom stereocenters. The molecular formula is C14H32N4. The van der Waals surface area contributed by atoms with Crippen molar-refractivity contribution in [1.82, 2.24) is 9.80 Å². The van der Waals surface area contributed by atoms with E-state index in [-0.39, 0.29) is 0 Å². The highest BCUT2D eigenvalue weighted by Crippen LogP contribution is 2.28. The van der Waals surface area contributed by atoms with Gasteiger partial charge in [-0.1, -0.05) is 26.7 Å². The number of nitrogens with zero attached hydrogens (tertiary/aromatic N) is 2.